The third-order valence-corrected chi connectivity index (χ3v) is 15.9. The summed E-state index contributed by atoms with van der Waals surface area (Å²) in [5.41, 5.74) is 7.05. The number of aromatic nitrogens is 1. The Balaban J connectivity index is 1.65. The second kappa shape index (κ2) is 14.7. The molecule has 0 saturated heterocycles. The summed E-state index contributed by atoms with van der Waals surface area (Å²) in [5, 5.41) is 11.6. The van der Waals surface area contributed by atoms with E-state index in [4.69, 9.17) is 8.95 Å². The number of halogens is 1. The molecular weight excluding hydrogens is 652 g/mol. The van der Waals surface area contributed by atoms with Crippen LogP contribution in [0.4, 0.5) is 4.39 Å². The number of benzene rings is 3. The highest BCUT2D eigenvalue weighted by molar-refractivity contribution is 7.64. The second-order valence-corrected chi connectivity index (χ2v) is 20.1. The fourth-order valence-corrected chi connectivity index (χ4v) is 12.9. The van der Waals surface area contributed by atoms with Crippen molar-refractivity contribution in [2.45, 2.75) is 58.1 Å². The van der Waals surface area contributed by atoms with E-state index in [0.717, 1.165) is 32.7 Å². The van der Waals surface area contributed by atoms with Crippen molar-refractivity contribution in [2.24, 2.45) is 0 Å². The van der Waals surface area contributed by atoms with Crippen LogP contribution in [0, 0.1) is 17.4 Å². The van der Waals surface area contributed by atoms with Gasteiger partial charge in [0.2, 0.25) is 0 Å². The standard InChI is InChI=1S/C40H43FNO5PSi/c1-29(2)38-35(39(30-20-22-31(41)23-21-30)42-25-14-13-19-36(38)42)24-26-48(45,46-6)28-32(27-37(43)44)47-49(40(3,4)5,33-15-9-7-10-16-33)34-17-11-8-12-18-34/h7-23,25,29,32H,27-28H2,1-6H3,(H,43,44)/t32-,48?/m0/s1. The first-order valence-electron chi connectivity index (χ1n) is 16.4. The van der Waals surface area contributed by atoms with Gasteiger partial charge >= 0.3 is 5.97 Å². The van der Waals surface area contributed by atoms with Gasteiger partial charge in [-0.1, -0.05) is 107 Å². The Hall–Kier alpha value is -4.25. The van der Waals surface area contributed by atoms with Gasteiger partial charge in [0.05, 0.1) is 35.5 Å². The first-order valence-corrected chi connectivity index (χ1v) is 20.1. The van der Waals surface area contributed by atoms with Gasteiger partial charge in [-0.15, -0.1) is 0 Å². The van der Waals surface area contributed by atoms with Crippen molar-refractivity contribution < 1.29 is 27.8 Å². The molecule has 0 spiro atoms. The Labute approximate surface area is 289 Å². The van der Waals surface area contributed by atoms with Crippen LogP contribution < -0.4 is 10.4 Å². The summed E-state index contributed by atoms with van der Waals surface area (Å²) in [4.78, 5) is 12.4. The number of nitrogens with zero attached hydrogens (tertiary/aromatic N) is 1. The quantitative estimate of drug-likeness (QED) is 0.0852. The van der Waals surface area contributed by atoms with Crippen molar-refractivity contribution in [3.63, 3.8) is 0 Å². The molecule has 254 valence electrons. The second-order valence-electron chi connectivity index (χ2n) is 13.5. The van der Waals surface area contributed by atoms with Crippen molar-refractivity contribution in [2.75, 3.05) is 13.3 Å². The molecule has 0 bridgehead atoms. The number of aliphatic carboxylic acids is 1. The lowest BCUT2D eigenvalue weighted by atomic mass is 9.97. The van der Waals surface area contributed by atoms with Crippen molar-refractivity contribution in [3.05, 3.63) is 126 Å². The molecule has 0 radical (unpaired) electrons. The zero-order valence-corrected chi connectivity index (χ0v) is 30.7. The number of carboxylic acids is 1. The van der Waals surface area contributed by atoms with Crippen LogP contribution in [0.1, 0.15) is 58.1 Å². The fraction of sp³-hybridized carbons (Fsp3) is 0.275. The molecule has 2 aromatic heterocycles. The predicted molar refractivity (Wildman–Crippen MR) is 198 cm³/mol. The third kappa shape index (κ3) is 7.51. The molecule has 3 aromatic carbocycles. The molecule has 2 heterocycles. The van der Waals surface area contributed by atoms with Crippen LogP contribution >= 0.6 is 7.37 Å². The van der Waals surface area contributed by atoms with Gasteiger partial charge < -0.3 is 18.5 Å². The maximum absolute atomic E-state index is 14.6. The van der Waals surface area contributed by atoms with Crippen LogP contribution in [0.2, 0.25) is 5.04 Å². The molecule has 6 nitrogen and oxygen atoms in total. The Morgan fingerprint density at radius 3 is 2.00 bits per heavy atom. The molecule has 5 rings (SSSR count). The Morgan fingerprint density at radius 1 is 0.918 bits per heavy atom. The highest BCUT2D eigenvalue weighted by Crippen LogP contribution is 2.48. The van der Waals surface area contributed by atoms with E-state index in [-0.39, 0.29) is 24.3 Å². The predicted octanol–water partition coefficient (Wildman–Crippen LogP) is 8.52. The number of carbonyl (C=O) groups is 1. The smallest absolute Gasteiger partial charge is 0.305 e. The van der Waals surface area contributed by atoms with E-state index in [1.54, 1.807) is 12.1 Å². The highest BCUT2D eigenvalue weighted by Gasteiger charge is 2.52. The minimum absolute atomic E-state index is 0.0519. The van der Waals surface area contributed by atoms with E-state index in [2.05, 4.69) is 46.2 Å². The maximum Gasteiger partial charge on any atom is 0.305 e. The van der Waals surface area contributed by atoms with Crippen LogP contribution in [0.25, 0.3) is 16.8 Å². The van der Waals surface area contributed by atoms with Crippen LogP contribution in [0.15, 0.2) is 109 Å². The number of rotatable bonds is 11. The molecule has 0 aliphatic carbocycles. The molecule has 2 atom stereocenters. The lowest BCUT2D eigenvalue weighted by Crippen LogP contribution is -2.68. The maximum atomic E-state index is 14.6. The van der Waals surface area contributed by atoms with Gasteiger partial charge in [0.1, 0.15) is 5.82 Å². The van der Waals surface area contributed by atoms with E-state index in [0.29, 0.717) is 5.56 Å². The molecule has 0 aliphatic heterocycles. The summed E-state index contributed by atoms with van der Waals surface area (Å²) in [6, 6.07) is 31.9. The average Bonchev–Trinajstić information content (AvgIpc) is 3.41. The van der Waals surface area contributed by atoms with Crippen LogP contribution in [0.3, 0.4) is 0 Å². The molecular formula is C40H43FNO5PSi. The highest BCUT2D eigenvalue weighted by atomic mass is 31.2. The molecule has 0 aliphatic rings. The molecule has 1 unspecified atom stereocenters. The Kier molecular flexibility index (Phi) is 10.8. The monoisotopic (exact) mass is 695 g/mol. The van der Waals surface area contributed by atoms with E-state index < -0.39 is 32.8 Å². The van der Waals surface area contributed by atoms with E-state index >= 15 is 0 Å². The van der Waals surface area contributed by atoms with Crippen LogP contribution in [-0.2, 0) is 18.3 Å². The van der Waals surface area contributed by atoms with Crippen molar-refractivity contribution in [1.82, 2.24) is 4.40 Å². The minimum atomic E-state index is -3.81. The first-order chi connectivity index (χ1) is 23.3. The molecule has 9 heteroatoms. The van der Waals surface area contributed by atoms with E-state index in [9.17, 15) is 18.9 Å². The molecule has 1 N–H and O–H groups in total. The van der Waals surface area contributed by atoms with Gasteiger partial charge in [0, 0.05) is 13.3 Å². The number of hydrogen-bond donors (Lipinski definition) is 1. The Bertz CT molecular complexity index is 1990. The van der Waals surface area contributed by atoms with Gasteiger partial charge in [-0.05, 0) is 74.5 Å². The summed E-state index contributed by atoms with van der Waals surface area (Å²) >= 11 is 0. The molecule has 49 heavy (non-hydrogen) atoms. The topological polar surface area (TPSA) is 77.2 Å². The van der Waals surface area contributed by atoms with Gasteiger partial charge in [-0.25, -0.2) is 4.39 Å². The van der Waals surface area contributed by atoms with E-state index in [1.807, 2.05) is 89.5 Å². The SMILES string of the molecule is COP(=O)(C#Cc1c(C(C)C)c2ccccn2c1-c1ccc(F)cc1)C[C@H](CC(=O)O)O[Si](c1ccccc1)(c1ccccc1)C(C)(C)C. The minimum Gasteiger partial charge on any atom is -0.481 e. The van der Waals surface area contributed by atoms with Crippen molar-refractivity contribution >= 4 is 37.5 Å². The Morgan fingerprint density at radius 2 is 1.49 bits per heavy atom. The molecule has 0 saturated carbocycles. The molecule has 0 fully saturated rings. The lowest BCUT2D eigenvalue weighted by Gasteiger charge is -2.45. The summed E-state index contributed by atoms with van der Waals surface area (Å²) in [7, 11) is -5.67. The largest absolute Gasteiger partial charge is 0.481 e. The zero-order chi connectivity index (χ0) is 35.4. The summed E-state index contributed by atoms with van der Waals surface area (Å²) in [6.45, 7) is 10.5. The summed E-state index contributed by atoms with van der Waals surface area (Å²) in [5.74, 6) is 1.86. The van der Waals surface area contributed by atoms with Crippen LogP contribution in [-0.4, -0.2) is 43.2 Å². The zero-order valence-electron chi connectivity index (χ0n) is 28.8. The lowest BCUT2D eigenvalue weighted by molar-refractivity contribution is -0.138. The number of carboxylic acid groups (broad SMARTS) is 1. The summed E-state index contributed by atoms with van der Waals surface area (Å²) in [6.07, 6.45) is 0.358. The normalized spacial score (nSPS) is 13.9. The first kappa shape index (κ1) is 36.0. The number of fused-ring (bicyclic) bond motifs is 1. The number of pyridine rings is 1. The van der Waals surface area contributed by atoms with Gasteiger partial charge in [-0.3, -0.25) is 9.36 Å². The molecule has 5 aromatic rings. The van der Waals surface area contributed by atoms with Crippen molar-refractivity contribution in [3.8, 4) is 22.8 Å². The van der Waals surface area contributed by atoms with E-state index in [1.165, 1.54) is 19.2 Å². The van der Waals surface area contributed by atoms with Crippen LogP contribution in [0.5, 0.6) is 0 Å². The third-order valence-electron chi connectivity index (χ3n) is 8.83. The fourth-order valence-electron chi connectivity index (χ4n) is 6.69. The molecule has 0 amide bonds. The average molecular weight is 696 g/mol. The summed E-state index contributed by atoms with van der Waals surface area (Å²) < 4.78 is 43.5. The van der Waals surface area contributed by atoms with Gasteiger partial charge in [-0.2, -0.15) is 0 Å². The van der Waals surface area contributed by atoms with Crippen molar-refractivity contribution in [1.29, 1.82) is 0 Å². The van der Waals surface area contributed by atoms with Gasteiger partial charge in [0.15, 0.2) is 0 Å². The number of hydrogen-bond acceptors (Lipinski definition) is 4. The van der Waals surface area contributed by atoms with Gasteiger partial charge in [0.25, 0.3) is 15.7 Å².